The number of nitrogens with two attached hydrogens (primary N) is 1. The first kappa shape index (κ1) is 10.7. The van der Waals surface area contributed by atoms with E-state index in [4.69, 9.17) is 11.1 Å². The fourth-order valence-electron chi connectivity index (χ4n) is 1.01. The monoisotopic (exact) mass is 211 g/mol. The summed E-state index contributed by atoms with van der Waals surface area (Å²) < 4.78 is 11.2. The van der Waals surface area contributed by atoms with Gasteiger partial charge in [0.2, 0.25) is 0 Å². The number of hydrogen-bond acceptors (Lipinski definition) is 2. The number of guanidine groups is 1. The molecule has 0 aliphatic rings. The van der Waals surface area contributed by atoms with Gasteiger partial charge in [-0.2, -0.15) is 0 Å². The van der Waals surface area contributed by atoms with E-state index in [0.717, 1.165) is 10.6 Å². The van der Waals surface area contributed by atoms with Crippen LogP contribution in [0.4, 0.5) is 5.69 Å². The van der Waals surface area contributed by atoms with Gasteiger partial charge in [0.1, 0.15) is 0 Å². The molecule has 0 amide bonds. The lowest BCUT2D eigenvalue weighted by Gasteiger charge is -2.16. The van der Waals surface area contributed by atoms with Crippen molar-refractivity contribution in [3.8, 4) is 0 Å². The summed E-state index contributed by atoms with van der Waals surface area (Å²) in [7, 11) is 0.688. The number of benzene rings is 1. The van der Waals surface area contributed by atoms with Gasteiger partial charge in [-0.25, -0.2) is 0 Å². The van der Waals surface area contributed by atoms with E-state index in [1.54, 1.807) is 31.5 Å². The molecule has 14 heavy (non-hydrogen) atoms. The van der Waals surface area contributed by atoms with E-state index in [1.807, 2.05) is 6.07 Å². The average Bonchev–Trinajstić information content (AvgIpc) is 2.16. The highest BCUT2D eigenvalue weighted by Gasteiger charge is 2.05. The minimum atomic E-state index is -1.01. The van der Waals surface area contributed by atoms with E-state index in [-0.39, 0.29) is 5.96 Å². The van der Waals surface area contributed by atoms with Gasteiger partial charge in [-0.05, 0) is 18.2 Å². The van der Waals surface area contributed by atoms with Crippen molar-refractivity contribution in [3.05, 3.63) is 24.3 Å². The molecule has 76 valence electrons. The van der Waals surface area contributed by atoms with Crippen LogP contribution in [0.25, 0.3) is 0 Å². The molecule has 1 aromatic rings. The van der Waals surface area contributed by atoms with Crippen molar-refractivity contribution < 1.29 is 4.21 Å². The Kier molecular flexibility index (Phi) is 3.24. The quantitative estimate of drug-likeness (QED) is 0.560. The minimum Gasteiger partial charge on any atom is -0.370 e. The summed E-state index contributed by atoms with van der Waals surface area (Å²) in [4.78, 5) is 2.26. The van der Waals surface area contributed by atoms with Crippen LogP contribution in [0.15, 0.2) is 29.2 Å². The zero-order valence-corrected chi connectivity index (χ0v) is 8.97. The van der Waals surface area contributed by atoms with Crippen LogP contribution < -0.4 is 10.6 Å². The normalized spacial score (nSPS) is 12.1. The topological polar surface area (TPSA) is 70.2 Å². The van der Waals surface area contributed by atoms with Crippen molar-refractivity contribution in [2.24, 2.45) is 5.73 Å². The molecule has 1 atom stereocenters. The first-order valence-corrected chi connectivity index (χ1v) is 5.59. The molecule has 1 aromatic carbocycles. The van der Waals surface area contributed by atoms with E-state index >= 15 is 0 Å². The molecule has 1 unspecified atom stereocenters. The largest absolute Gasteiger partial charge is 0.370 e. The molecule has 4 nitrogen and oxygen atoms in total. The Balaban J connectivity index is 3.05. The third-order valence-corrected chi connectivity index (χ3v) is 2.82. The third-order valence-electron chi connectivity index (χ3n) is 1.90. The Hall–Kier alpha value is -1.36. The van der Waals surface area contributed by atoms with Crippen LogP contribution >= 0.6 is 0 Å². The molecule has 0 radical (unpaired) electrons. The Bertz CT molecular complexity index is 378. The summed E-state index contributed by atoms with van der Waals surface area (Å²) in [6, 6.07) is 7.16. The predicted molar refractivity (Wildman–Crippen MR) is 59.1 cm³/mol. The predicted octanol–water partition coefficient (Wildman–Crippen LogP) is 0.754. The highest BCUT2D eigenvalue weighted by Crippen LogP contribution is 2.16. The summed E-state index contributed by atoms with van der Waals surface area (Å²) in [6.45, 7) is 0. The SMILES string of the molecule is CN(C(=N)N)c1cccc(S(C)=O)c1. The Morgan fingerprint density at radius 1 is 1.57 bits per heavy atom. The van der Waals surface area contributed by atoms with E-state index in [0.29, 0.717) is 0 Å². The molecule has 0 aliphatic carbocycles. The van der Waals surface area contributed by atoms with Crippen LogP contribution in [0.2, 0.25) is 0 Å². The lowest BCUT2D eigenvalue weighted by atomic mass is 10.3. The summed E-state index contributed by atoms with van der Waals surface area (Å²) >= 11 is 0. The second-order valence-electron chi connectivity index (χ2n) is 2.90. The number of nitrogens with one attached hydrogen (secondary N) is 1. The summed E-state index contributed by atoms with van der Waals surface area (Å²) in [5.41, 5.74) is 6.10. The van der Waals surface area contributed by atoms with Crippen LogP contribution in [-0.4, -0.2) is 23.5 Å². The first-order chi connectivity index (χ1) is 6.52. The van der Waals surface area contributed by atoms with Gasteiger partial charge >= 0.3 is 0 Å². The van der Waals surface area contributed by atoms with Gasteiger partial charge in [-0.3, -0.25) is 9.62 Å². The van der Waals surface area contributed by atoms with Crippen LogP contribution in [0.5, 0.6) is 0 Å². The van der Waals surface area contributed by atoms with E-state index < -0.39 is 10.8 Å². The van der Waals surface area contributed by atoms with Gasteiger partial charge in [0, 0.05) is 34.7 Å². The summed E-state index contributed by atoms with van der Waals surface area (Å²) in [5.74, 6) is -0.0379. The molecule has 0 bridgehead atoms. The molecule has 0 fully saturated rings. The second kappa shape index (κ2) is 4.23. The molecule has 0 heterocycles. The van der Waals surface area contributed by atoms with Crippen LogP contribution in [0, 0.1) is 5.41 Å². The first-order valence-electron chi connectivity index (χ1n) is 4.03. The van der Waals surface area contributed by atoms with Crippen LogP contribution in [-0.2, 0) is 10.8 Å². The maximum Gasteiger partial charge on any atom is 0.192 e. The summed E-state index contributed by atoms with van der Waals surface area (Å²) in [5, 5.41) is 7.24. The zero-order chi connectivity index (χ0) is 10.7. The maximum atomic E-state index is 11.2. The Morgan fingerprint density at radius 3 is 2.71 bits per heavy atom. The van der Waals surface area contributed by atoms with Gasteiger partial charge < -0.3 is 10.6 Å². The Labute approximate surface area is 85.7 Å². The molecule has 0 saturated heterocycles. The fraction of sp³-hybridized carbons (Fsp3) is 0.222. The molecule has 0 saturated carbocycles. The summed E-state index contributed by atoms with van der Waals surface area (Å²) in [6.07, 6.45) is 1.62. The van der Waals surface area contributed by atoms with Crippen LogP contribution in [0.3, 0.4) is 0 Å². The van der Waals surface area contributed by atoms with E-state index in [2.05, 4.69) is 0 Å². The molecule has 0 spiro atoms. The van der Waals surface area contributed by atoms with Gasteiger partial charge in [-0.1, -0.05) is 6.07 Å². The molecule has 1 rings (SSSR count). The van der Waals surface area contributed by atoms with Crippen molar-refractivity contribution in [2.75, 3.05) is 18.2 Å². The number of hydrogen-bond donors (Lipinski definition) is 2. The highest BCUT2D eigenvalue weighted by molar-refractivity contribution is 7.84. The third kappa shape index (κ3) is 2.32. The minimum absolute atomic E-state index is 0.0379. The van der Waals surface area contributed by atoms with Gasteiger partial charge in [0.15, 0.2) is 5.96 Å². The Morgan fingerprint density at radius 2 is 2.21 bits per heavy atom. The van der Waals surface area contributed by atoms with Gasteiger partial charge in [0.05, 0.1) is 0 Å². The number of nitrogens with zero attached hydrogens (tertiary/aromatic N) is 1. The van der Waals surface area contributed by atoms with Crippen molar-refractivity contribution in [1.29, 1.82) is 5.41 Å². The highest BCUT2D eigenvalue weighted by atomic mass is 32.2. The van der Waals surface area contributed by atoms with Gasteiger partial charge in [0.25, 0.3) is 0 Å². The standard InChI is InChI=1S/C9H13N3OS/c1-12(9(10)11)7-4-3-5-8(6-7)14(2)13/h3-6H,1-2H3,(H3,10,11). The van der Waals surface area contributed by atoms with Crippen molar-refractivity contribution >= 4 is 22.4 Å². The lowest BCUT2D eigenvalue weighted by Crippen LogP contribution is -2.32. The second-order valence-corrected chi connectivity index (χ2v) is 4.28. The molecule has 5 heteroatoms. The van der Waals surface area contributed by atoms with Crippen LogP contribution in [0.1, 0.15) is 0 Å². The lowest BCUT2D eigenvalue weighted by molar-refractivity contribution is 0.687. The molecular weight excluding hydrogens is 198 g/mol. The van der Waals surface area contributed by atoms with E-state index in [1.165, 1.54) is 4.90 Å². The van der Waals surface area contributed by atoms with E-state index in [9.17, 15) is 4.21 Å². The molecule has 3 N–H and O–H groups in total. The van der Waals surface area contributed by atoms with Crippen molar-refractivity contribution in [3.63, 3.8) is 0 Å². The van der Waals surface area contributed by atoms with Gasteiger partial charge in [-0.15, -0.1) is 0 Å². The molecule has 0 aliphatic heterocycles. The maximum absolute atomic E-state index is 11.2. The van der Waals surface area contributed by atoms with Crippen molar-refractivity contribution in [1.82, 2.24) is 0 Å². The molecule has 0 aromatic heterocycles. The zero-order valence-electron chi connectivity index (χ0n) is 8.15. The number of rotatable bonds is 2. The average molecular weight is 211 g/mol. The fourth-order valence-corrected chi connectivity index (χ4v) is 1.57. The smallest absolute Gasteiger partial charge is 0.192 e. The van der Waals surface area contributed by atoms with Crippen molar-refractivity contribution in [2.45, 2.75) is 4.90 Å². The number of anilines is 1. The molecular formula is C9H13N3OS.